The highest BCUT2D eigenvalue weighted by Crippen LogP contribution is 2.24. The second kappa shape index (κ2) is 8.99. The van der Waals surface area contributed by atoms with Crippen molar-refractivity contribution < 1.29 is 9.59 Å². The molecule has 0 aliphatic heterocycles. The van der Waals surface area contributed by atoms with Crippen LogP contribution in [0.5, 0.6) is 0 Å². The highest BCUT2D eigenvalue weighted by Gasteiger charge is 2.12. The lowest BCUT2D eigenvalue weighted by Crippen LogP contribution is -2.16. The third-order valence-electron chi connectivity index (χ3n) is 4.40. The van der Waals surface area contributed by atoms with Crippen molar-refractivity contribution in [3.8, 4) is 0 Å². The van der Waals surface area contributed by atoms with Gasteiger partial charge in [-0.05, 0) is 35.7 Å². The Kier molecular flexibility index (Phi) is 6.22. The molecule has 6 nitrogen and oxygen atoms in total. The maximum atomic E-state index is 12.7. The molecule has 3 aromatic rings. The fraction of sp³-hybridized carbons (Fsp3) is 0.227. The summed E-state index contributed by atoms with van der Waals surface area (Å²) in [7, 11) is 0. The van der Waals surface area contributed by atoms with Crippen molar-refractivity contribution in [3.05, 3.63) is 78.4 Å². The molecule has 0 aliphatic rings. The first kappa shape index (κ1) is 19.4. The van der Waals surface area contributed by atoms with E-state index in [1.807, 2.05) is 35.0 Å². The highest BCUT2D eigenvalue weighted by atomic mass is 16.2. The van der Waals surface area contributed by atoms with Crippen LogP contribution in [-0.4, -0.2) is 21.4 Å². The van der Waals surface area contributed by atoms with E-state index in [9.17, 15) is 9.59 Å². The van der Waals surface area contributed by atoms with E-state index in [2.05, 4.69) is 29.5 Å². The Labute approximate surface area is 164 Å². The van der Waals surface area contributed by atoms with Gasteiger partial charge in [-0.1, -0.05) is 38.1 Å². The summed E-state index contributed by atoms with van der Waals surface area (Å²) in [4.78, 5) is 28.8. The van der Waals surface area contributed by atoms with Gasteiger partial charge < -0.3 is 15.2 Å². The number of para-hydroxylation sites is 1. The fourth-order valence-electron chi connectivity index (χ4n) is 2.92. The molecule has 6 heteroatoms. The quantitative estimate of drug-likeness (QED) is 0.646. The Balaban J connectivity index is 1.64. The summed E-state index contributed by atoms with van der Waals surface area (Å²) in [5.41, 5.74) is 2.98. The summed E-state index contributed by atoms with van der Waals surface area (Å²) < 4.78 is 1.84. The van der Waals surface area contributed by atoms with Crippen molar-refractivity contribution in [1.82, 2.24) is 9.55 Å². The monoisotopic (exact) mass is 376 g/mol. The van der Waals surface area contributed by atoms with E-state index in [-0.39, 0.29) is 11.8 Å². The van der Waals surface area contributed by atoms with Gasteiger partial charge >= 0.3 is 0 Å². The first-order chi connectivity index (χ1) is 13.5. The lowest BCUT2D eigenvalue weighted by Gasteiger charge is -2.14. The zero-order valence-electron chi connectivity index (χ0n) is 16.1. The van der Waals surface area contributed by atoms with E-state index in [1.165, 1.54) is 0 Å². The Morgan fingerprint density at radius 1 is 1.07 bits per heavy atom. The van der Waals surface area contributed by atoms with Crippen molar-refractivity contribution in [2.24, 2.45) is 0 Å². The second-order valence-electron chi connectivity index (χ2n) is 6.88. The number of benzene rings is 2. The predicted molar refractivity (Wildman–Crippen MR) is 110 cm³/mol. The minimum absolute atomic E-state index is 0.114. The summed E-state index contributed by atoms with van der Waals surface area (Å²) in [5, 5.41) is 5.81. The van der Waals surface area contributed by atoms with Gasteiger partial charge in [-0.2, -0.15) is 0 Å². The smallest absolute Gasteiger partial charge is 0.255 e. The van der Waals surface area contributed by atoms with Gasteiger partial charge in [0.25, 0.3) is 5.91 Å². The molecular weight excluding hydrogens is 352 g/mol. The van der Waals surface area contributed by atoms with Gasteiger partial charge in [0.2, 0.25) is 5.91 Å². The van der Waals surface area contributed by atoms with Crippen molar-refractivity contribution >= 4 is 23.2 Å². The molecule has 2 aromatic carbocycles. The minimum atomic E-state index is -0.206. The summed E-state index contributed by atoms with van der Waals surface area (Å²) in [6.07, 6.45) is 5.49. The van der Waals surface area contributed by atoms with Crippen molar-refractivity contribution in [3.63, 3.8) is 0 Å². The number of carbonyl (C=O) groups is 2. The SMILES string of the molecule is CC(C)c1ccccc1NC(=O)c1cccc(NC(=O)CCn2ccnc2)c1. The molecule has 1 aromatic heterocycles. The van der Waals surface area contributed by atoms with Gasteiger partial charge in [0, 0.05) is 42.3 Å². The molecule has 1 heterocycles. The molecule has 0 bridgehead atoms. The third kappa shape index (κ3) is 5.07. The zero-order valence-corrected chi connectivity index (χ0v) is 16.1. The number of nitrogens with zero attached hydrogens (tertiary/aromatic N) is 2. The van der Waals surface area contributed by atoms with E-state index < -0.39 is 0 Å². The van der Waals surface area contributed by atoms with Gasteiger partial charge in [0.15, 0.2) is 0 Å². The van der Waals surface area contributed by atoms with Gasteiger partial charge in [0.1, 0.15) is 0 Å². The Hall–Kier alpha value is -3.41. The number of carbonyl (C=O) groups excluding carboxylic acids is 2. The van der Waals surface area contributed by atoms with Crippen LogP contribution in [0.1, 0.15) is 42.1 Å². The van der Waals surface area contributed by atoms with Gasteiger partial charge in [-0.25, -0.2) is 4.98 Å². The predicted octanol–water partition coefficient (Wildman–Crippen LogP) is 4.29. The average molecular weight is 376 g/mol. The molecule has 0 unspecified atom stereocenters. The van der Waals surface area contributed by atoms with Crippen LogP contribution in [0.2, 0.25) is 0 Å². The number of rotatable bonds is 7. The van der Waals surface area contributed by atoms with Crippen LogP contribution in [0.3, 0.4) is 0 Å². The number of nitrogens with one attached hydrogen (secondary N) is 2. The molecule has 0 aliphatic carbocycles. The Bertz CT molecular complexity index is 949. The number of hydrogen-bond acceptors (Lipinski definition) is 3. The van der Waals surface area contributed by atoms with Crippen LogP contribution < -0.4 is 10.6 Å². The van der Waals surface area contributed by atoms with Crippen LogP contribution in [0.25, 0.3) is 0 Å². The molecule has 0 atom stereocenters. The van der Waals surface area contributed by atoms with Crippen LogP contribution in [0, 0.1) is 0 Å². The van der Waals surface area contributed by atoms with E-state index in [4.69, 9.17) is 0 Å². The molecule has 3 rings (SSSR count). The summed E-state index contributed by atoms with van der Waals surface area (Å²) in [6.45, 7) is 4.73. The minimum Gasteiger partial charge on any atom is -0.337 e. The Morgan fingerprint density at radius 3 is 2.64 bits per heavy atom. The maximum Gasteiger partial charge on any atom is 0.255 e. The Morgan fingerprint density at radius 2 is 1.89 bits per heavy atom. The first-order valence-electron chi connectivity index (χ1n) is 9.29. The lowest BCUT2D eigenvalue weighted by molar-refractivity contribution is -0.116. The highest BCUT2D eigenvalue weighted by molar-refractivity contribution is 6.05. The lowest BCUT2D eigenvalue weighted by atomic mass is 10.0. The van der Waals surface area contributed by atoms with Crippen molar-refractivity contribution in [2.45, 2.75) is 32.7 Å². The van der Waals surface area contributed by atoms with Gasteiger partial charge in [-0.3, -0.25) is 9.59 Å². The van der Waals surface area contributed by atoms with E-state index in [0.29, 0.717) is 30.1 Å². The van der Waals surface area contributed by atoms with E-state index in [1.54, 1.807) is 36.8 Å². The second-order valence-corrected chi connectivity index (χ2v) is 6.88. The fourth-order valence-corrected chi connectivity index (χ4v) is 2.92. The first-order valence-corrected chi connectivity index (χ1v) is 9.29. The third-order valence-corrected chi connectivity index (χ3v) is 4.40. The number of imidazole rings is 1. The van der Waals surface area contributed by atoms with Crippen LogP contribution in [0.4, 0.5) is 11.4 Å². The number of aromatic nitrogens is 2. The van der Waals surface area contributed by atoms with Crippen molar-refractivity contribution in [1.29, 1.82) is 0 Å². The van der Waals surface area contributed by atoms with E-state index >= 15 is 0 Å². The number of anilines is 2. The molecule has 2 N–H and O–H groups in total. The maximum absolute atomic E-state index is 12.7. The molecule has 0 radical (unpaired) electrons. The van der Waals surface area contributed by atoms with Crippen LogP contribution in [0.15, 0.2) is 67.3 Å². The molecule has 0 saturated carbocycles. The molecule has 0 saturated heterocycles. The number of hydrogen-bond donors (Lipinski definition) is 2. The molecular formula is C22H24N4O2. The molecule has 144 valence electrons. The normalized spacial score (nSPS) is 10.7. The summed E-state index contributed by atoms with van der Waals surface area (Å²) >= 11 is 0. The topological polar surface area (TPSA) is 76.0 Å². The average Bonchev–Trinajstić information content (AvgIpc) is 3.20. The molecule has 0 spiro atoms. The molecule has 2 amide bonds. The van der Waals surface area contributed by atoms with Crippen LogP contribution >= 0.6 is 0 Å². The zero-order chi connectivity index (χ0) is 19.9. The molecule has 0 fully saturated rings. The summed E-state index contributed by atoms with van der Waals surface area (Å²) in [5.74, 6) is -0.0170. The number of amides is 2. The summed E-state index contributed by atoms with van der Waals surface area (Å²) in [6, 6.07) is 14.7. The van der Waals surface area contributed by atoms with Crippen LogP contribution in [-0.2, 0) is 11.3 Å². The van der Waals surface area contributed by atoms with Crippen molar-refractivity contribution in [2.75, 3.05) is 10.6 Å². The standard InChI is InChI=1S/C22H24N4O2/c1-16(2)19-8-3-4-9-20(19)25-22(28)17-6-5-7-18(14-17)24-21(27)10-12-26-13-11-23-15-26/h3-9,11,13-16H,10,12H2,1-2H3,(H,24,27)(H,25,28). The largest absolute Gasteiger partial charge is 0.337 e. The van der Waals surface area contributed by atoms with E-state index in [0.717, 1.165) is 11.3 Å². The molecule has 28 heavy (non-hydrogen) atoms. The van der Waals surface area contributed by atoms with Gasteiger partial charge in [0.05, 0.1) is 6.33 Å². The van der Waals surface area contributed by atoms with Gasteiger partial charge in [-0.15, -0.1) is 0 Å². The number of aryl methyl sites for hydroxylation is 1.